The number of hydrogen-bond donors (Lipinski definition) is 2. The second-order valence-corrected chi connectivity index (χ2v) is 8.30. The molecule has 0 saturated heterocycles. The van der Waals surface area contributed by atoms with Crippen molar-refractivity contribution < 1.29 is 12.8 Å². The minimum absolute atomic E-state index is 0.527. The zero-order valence-corrected chi connectivity index (χ0v) is 16.2. The highest BCUT2D eigenvalue weighted by molar-refractivity contribution is 7.89. The predicted molar refractivity (Wildman–Crippen MR) is 106 cm³/mol. The molecule has 0 heterocycles. The zero-order chi connectivity index (χ0) is 19.1. The topological polar surface area (TPSA) is 60.2 Å². The predicted octanol–water partition coefficient (Wildman–Crippen LogP) is 5.06. The van der Waals surface area contributed by atoms with Crippen LogP contribution in [0.15, 0.2) is 64.4 Å². The summed E-state index contributed by atoms with van der Waals surface area (Å²) in [5.74, 6) is -0.886. The van der Waals surface area contributed by atoms with Crippen molar-refractivity contribution in [2.45, 2.75) is 16.7 Å². The molecule has 0 aliphatic carbocycles. The second kappa shape index (κ2) is 7.04. The van der Waals surface area contributed by atoms with Gasteiger partial charge in [-0.05, 0) is 65.1 Å². The molecule has 7 heteroatoms. The maximum absolute atomic E-state index is 14.1. The molecule has 0 atom stereocenters. The van der Waals surface area contributed by atoms with E-state index in [9.17, 15) is 12.8 Å². The molecule has 3 aromatic rings. The number of halogens is 2. The Morgan fingerprint density at radius 3 is 2.15 bits per heavy atom. The molecule has 3 aromatic carbocycles. The molecule has 3 nitrogen and oxygen atoms in total. The van der Waals surface area contributed by atoms with Gasteiger partial charge in [0.15, 0.2) is 0 Å². The summed E-state index contributed by atoms with van der Waals surface area (Å²) >= 11 is 10.6. The average molecular weight is 408 g/mol. The number of aryl methyl sites for hydroxylation is 1. The first kappa shape index (κ1) is 18.9. The van der Waals surface area contributed by atoms with Crippen molar-refractivity contribution in [3.8, 4) is 22.3 Å². The van der Waals surface area contributed by atoms with Crippen LogP contribution in [0.4, 0.5) is 4.39 Å². The lowest BCUT2D eigenvalue weighted by Crippen LogP contribution is -2.13. The number of primary sulfonamides is 1. The van der Waals surface area contributed by atoms with Gasteiger partial charge in [0.2, 0.25) is 10.0 Å². The lowest BCUT2D eigenvalue weighted by atomic mass is 9.99. The van der Waals surface area contributed by atoms with Gasteiger partial charge in [-0.25, -0.2) is 17.9 Å². The first-order chi connectivity index (χ1) is 12.2. The standard InChI is InChI=1S/C19H15ClFNO2S2/c1-11-8-14(3-6-16(11)20)15-5-2-13(10-18(15)25)12-4-7-19(17(21)9-12)26(22,23)24/h2-10,25H,1H3,(H2,22,23,24). The smallest absolute Gasteiger partial charge is 0.225 e. The van der Waals surface area contributed by atoms with Crippen LogP contribution >= 0.6 is 24.2 Å². The number of sulfonamides is 1. The van der Waals surface area contributed by atoms with Crippen LogP contribution in [0.1, 0.15) is 5.56 Å². The number of rotatable bonds is 3. The molecule has 0 bridgehead atoms. The van der Waals surface area contributed by atoms with Crippen molar-refractivity contribution in [3.05, 3.63) is 71.0 Å². The van der Waals surface area contributed by atoms with E-state index in [4.69, 9.17) is 16.7 Å². The number of thiol groups is 1. The van der Waals surface area contributed by atoms with Crippen LogP contribution in [0.5, 0.6) is 0 Å². The Hall–Kier alpha value is -1.86. The molecular formula is C19H15ClFNO2S2. The van der Waals surface area contributed by atoms with Gasteiger partial charge in [-0.3, -0.25) is 0 Å². The SMILES string of the molecule is Cc1cc(-c2ccc(-c3ccc(S(N)(=O)=O)c(F)c3)cc2S)ccc1Cl. The Balaban J connectivity index is 2.02. The summed E-state index contributed by atoms with van der Waals surface area (Å²) in [5.41, 5.74) is 4.09. The highest BCUT2D eigenvalue weighted by Crippen LogP contribution is 2.33. The first-order valence-corrected chi connectivity index (χ1v) is 9.96. The molecule has 0 fully saturated rings. The van der Waals surface area contributed by atoms with E-state index in [2.05, 4.69) is 12.6 Å². The van der Waals surface area contributed by atoms with Crippen molar-refractivity contribution in [2.75, 3.05) is 0 Å². The summed E-state index contributed by atoms with van der Waals surface area (Å²) in [6.45, 7) is 1.92. The summed E-state index contributed by atoms with van der Waals surface area (Å²) in [4.78, 5) is 0.181. The third kappa shape index (κ3) is 3.78. The summed E-state index contributed by atoms with van der Waals surface area (Å²) in [6, 6.07) is 15.0. The molecule has 0 radical (unpaired) electrons. The molecule has 0 saturated carbocycles. The molecule has 2 N–H and O–H groups in total. The van der Waals surface area contributed by atoms with Crippen LogP contribution in [-0.4, -0.2) is 8.42 Å². The molecule has 26 heavy (non-hydrogen) atoms. The number of benzene rings is 3. The van der Waals surface area contributed by atoms with Crippen LogP contribution in [0.25, 0.3) is 22.3 Å². The Labute approximate surface area is 162 Å². The Bertz CT molecular complexity index is 1110. The molecule has 0 unspecified atom stereocenters. The minimum Gasteiger partial charge on any atom is -0.225 e. The third-order valence-electron chi connectivity index (χ3n) is 4.04. The van der Waals surface area contributed by atoms with Gasteiger partial charge in [0, 0.05) is 9.92 Å². The molecule has 0 amide bonds. The van der Waals surface area contributed by atoms with Gasteiger partial charge in [-0.15, -0.1) is 12.6 Å². The van der Waals surface area contributed by atoms with Crippen molar-refractivity contribution >= 4 is 34.3 Å². The summed E-state index contributed by atoms with van der Waals surface area (Å²) < 4.78 is 36.7. The van der Waals surface area contributed by atoms with Crippen LogP contribution < -0.4 is 5.14 Å². The van der Waals surface area contributed by atoms with Crippen LogP contribution in [-0.2, 0) is 10.0 Å². The molecule has 0 spiro atoms. The van der Waals surface area contributed by atoms with E-state index >= 15 is 0 Å². The summed E-state index contributed by atoms with van der Waals surface area (Å²) in [5, 5.41) is 5.68. The van der Waals surface area contributed by atoms with Crippen molar-refractivity contribution in [1.82, 2.24) is 0 Å². The van der Waals surface area contributed by atoms with E-state index in [0.717, 1.165) is 28.8 Å². The number of nitrogens with two attached hydrogens (primary N) is 1. The lowest BCUT2D eigenvalue weighted by Gasteiger charge is -2.11. The number of hydrogen-bond acceptors (Lipinski definition) is 3. The monoisotopic (exact) mass is 407 g/mol. The fourth-order valence-corrected chi connectivity index (χ4v) is 3.73. The van der Waals surface area contributed by atoms with Crippen LogP contribution in [0.3, 0.4) is 0 Å². The first-order valence-electron chi connectivity index (χ1n) is 7.59. The highest BCUT2D eigenvalue weighted by Gasteiger charge is 2.15. The van der Waals surface area contributed by atoms with Gasteiger partial charge in [0.1, 0.15) is 10.7 Å². The zero-order valence-electron chi connectivity index (χ0n) is 13.7. The van der Waals surface area contributed by atoms with Crippen LogP contribution in [0, 0.1) is 12.7 Å². The normalized spacial score (nSPS) is 11.6. The second-order valence-electron chi connectivity index (χ2n) is 5.89. The Morgan fingerprint density at radius 2 is 1.58 bits per heavy atom. The van der Waals surface area contributed by atoms with Gasteiger partial charge in [0.05, 0.1) is 0 Å². The largest absolute Gasteiger partial charge is 0.240 e. The van der Waals surface area contributed by atoms with E-state index in [1.54, 1.807) is 6.07 Å². The molecule has 134 valence electrons. The molecule has 0 aromatic heterocycles. The maximum atomic E-state index is 14.1. The Morgan fingerprint density at radius 1 is 0.962 bits per heavy atom. The van der Waals surface area contributed by atoms with Gasteiger partial charge >= 0.3 is 0 Å². The Kier molecular flexibility index (Phi) is 5.12. The lowest BCUT2D eigenvalue weighted by molar-refractivity contribution is 0.568. The van der Waals surface area contributed by atoms with Gasteiger partial charge in [-0.2, -0.15) is 0 Å². The quantitative estimate of drug-likeness (QED) is 0.596. The fourth-order valence-electron chi connectivity index (χ4n) is 2.68. The van der Waals surface area contributed by atoms with Crippen molar-refractivity contribution in [3.63, 3.8) is 0 Å². The van der Waals surface area contributed by atoms with E-state index in [1.165, 1.54) is 6.07 Å². The van der Waals surface area contributed by atoms with Crippen molar-refractivity contribution in [2.24, 2.45) is 5.14 Å². The van der Waals surface area contributed by atoms with Gasteiger partial charge in [0.25, 0.3) is 0 Å². The van der Waals surface area contributed by atoms with Gasteiger partial charge in [-0.1, -0.05) is 35.9 Å². The van der Waals surface area contributed by atoms with Gasteiger partial charge < -0.3 is 0 Å². The minimum atomic E-state index is -4.09. The van der Waals surface area contributed by atoms with E-state index in [0.29, 0.717) is 21.0 Å². The van der Waals surface area contributed by atoms with E-state index in [-0.39, 0.29) is 0 Å². The highest BCUT2D eigenvalue weighted by atomic mass is 35.5. The molecule has 3 rings (SSSR count). The molecule has 0 aliphatic rings. The van der Waals surface area contributed by atoms with Crippen LogP contribution in [0.2, 0.25) is 5.02 Å². The average Bonchev–Trinajstić information content (AvgIpc) is 2.56. The fraction of sp³-hybridized carbons (Fsp3) is 0.0526. The van der Waals surface area contributed by atoms with Crippen molar-refractivity contribution in [1.29, 1.82) is 0 Å². The summed E-state index contributed by atoms with van der Waals surface area (Å²) in [6.07, 6.45) is 0. The summed E-state index contributed by atoms with van der Waals surface area (Å²) in [7, 11) is -4.09. The molecule has 0 aliphatic heterocycles. The molecular weight excluding hydrogens is 393 g/mol. The van der Waals surface area contributed by atoms with E-state index in [1.807, 2.05) is 37.3 Å². The third-order valence-corrected chi connectivity index (χ3v) is 5.78. The maximum Gasteiger partial charge on any atom is 0.240 e. The van der Waals surface area contributed by atoms with E-state index < -0.39 is 20.7 Å².